The third-order valence-electron chi connectivity index (χ3n) is 6.90. The monoisotopic (exact) mass is 625 g/mol. The van der Waals surface area contributed by atoms with Gasteiger partial charge in [-0.05, 0) is 44.8 Å². The minimum Gasteiger partial charge on any atom is -0.545 e. The molecular weight excluding hydrogens is 601 g/mol. The van der Waals surface area contributed by atoms with Crippen molar-refractivity contribution in [2.45, 2.75) is 27.7 Å². The molecule has 1 heterocycles. The van der Waals surface area contributed by atoms with Crippen LogP contribution >= 0.6 is 22.6 Å². The lowest BCUT2D eigenvalue weighted by Gasteiger charge is -2.37. The van der Waals surface area contributed by atoms with E-state index in [9.17, 15) is 9.90 Å². The summed E-state index contributed by atoms with van der Waals surface area (Å²) in [4.78, 5) is 11.8. The van der Waals surface area contributed by atoms with Crippen LogP contribution in [0.15, 0.2) is 115 Å². The molecule has 194 valence electrons. The number of carbonyl (C=O) groups is 1. The second kappa shape index (κ2) is 10.9. The standard InChI is InChI=1S/C31H25F2IO4/c32-31(33)27(24-18-10-11-19-25(24)28(35)36)26(38-29(31)34)20-37-30(21-12-4-1-5-13-21,22-14-6-2-7-15-22)23-16-8-3-9-17-23/h1-19,26-27,29H,20H2,(H,35,36)/p-1. The van der Waals surface area contributed by atoms with Crippen LogP contribution < -0.4 is 5.11 Å². The molecule has 5 rings (SSSR count). The van der Waals surface area contributed by atoms with Gasteiger partial charge in [0.15, 0.2) is 4.11 Å². The molecule has 7 heteroatoms. The second-order valence-electron chi connectivity index (χ2n) is 9.11. The molecule has 0 N–H and O–H groups in total. The van der Waals surface area contributed by atoms with Crippen molar-refractivity contribution in [3.63, 3.8) is 0 Å². The molecule has 4 aromatic rings. The van der Waals surface area contributed by atoms with Gasteiger partial charge in [-0.3, -0.25) is 0 Å². The number of ether oxygens (including phenoxy) is 2. The molecule has 0 aliphatic carbocycles. The Balaban J connectivity index is 1.62. The lowest BCUT2D eigenvalue weighted by atomic mass is 9.80. The summed E-state index contributed by atoms with van der Waals surface area (Å²) in [5.74, 6) is -6.40. The molecule has 1 fully saturated rings. The highest BCUT2D eigenvalue weighted by atomic mass is 127. The van der Waals surface area contributed by atoms with Crippen LogP contribution in [0.5, 0.6) is 0 Å². The molecule has 4 aromatic carbocycles. The van der Waals surface area contributed by atoms with Crippen LogP contribution in [-0.4, -0.2) is 28.7 Å². The average Bonchev–Trinajstić information content (AvgIpc) is 3.18. The maximum Gasteiger partial charge on any atom is 0.292 e. The summed E-state index contributed by atoms with van der Waals surface area (Å²) in [6.45, 7) is -0.222. The van der Waals surface area contributed by atoms with Gasteiger partial charge < -0.3 is 19.4 Å². The third kappa shape index (κ3) is 4.74. The maximum absolute atomic E-state index is 15.6. The Morgan fingerprint density at radius 1 is 0.816 bits per heavy atom. The van der Waals surface area contributed by atoms with Gasteiger partial charge in [0, 0.05) is 5.56 Å². The van der Waals surface area contributed by atoms with E-state index in [0.717, 1.165) is 16.7 Å². The second-order valence-corrected chi connectivity index (χ2v) is 10.2. The predicted molar refractivity (Wildman–Crippen MR) is 146 cm³/mol. The predicted octanol–water partition coefficient (Wildman–Crippen LogP) is 5.94. The lowest BCUT2D eigenvalue weighted by molar-refractivity contribution is -0.255. The highest BCUT2D eigenvalue weighted by Crippen LogP contribution is 2.51. The van der Waals surface area contributed by atoms with Crippen molar-refractivity contribution in [2.75, 3.05) is 6.61 Å². The highest BCUT2D eigenvalue weighted by molar-refractivity contribution is 14.1. The Morgan fingerprint density at radius 3 is 1.74 bits per heavy atom. The summed E-state index contributed by atoms with van der Waals surface area (Å²) in [5, 5.41) is 11.8. The van der Waals surface area contributed by atoms with Crippen LogP contribution in [-0.2, 0) is 15.1 Å². The SMILES string of the molecule is O=C([O-])c1ccccc1C1C(COC(c2ccccc2)(c2ccccc2)c2ccccc2)OC(I)C1(F)F. The molecule has 1 saturated heterocycles. The number of hydrogen-bond donors (Lipinski definition) is 0. The van der Waals surface area contributed by atoms with E-state index in [2.05, 4.69) is 0 Å². The number of alkyl halides is 3. The summed E-state index contributed by atoms with van der Waals surface area (Å²) in [6, 6.07) is 34.5. The van der Waals surface area contributed by atoms with Crippen LogP contribution in [0.25, 0.3) is 0 Å². The number of aromatic carboxylic acids is 1. The fraction of sp³-hybridized carbons (Fsp3) is 0.194. The Bertz CT molecular complexity index is 1290. The van der Waals surface area contributed by atoms with Crippen LogP contribution in [0.4, 0.5) is 8.78 Å². The number of benzene rings is 4. The molecule has 3 atom stereocenters. The van der Waals surface area contributed by atoms with Crippen LogP contribution in [0.1, 0.15) is 38.5 Å². The molecule has 0 spiro atoms. The van der Waals surface area contributed by atoms with Gasteiger partial charge in [-0.25, -0.2) is 8.78 Å². The minimum atomic E-state index is -3.34. The van der Waals surface area contributed by atoms with Crippen molar-refractivity contribution >= 4 is 28.6 Å². The number of carboxylic acids is 1. The number of halogens is 3. The Hall–Kier alpha value is -3.14. The molecule has 38 heavy (non-hydrogen) atoms. The first kappa shape index (κ1) is 26.5. The van der Waals surface area contributed by atoms with E-state index in [1.54, 1.807) is 28.7 Å². The topological polar surface area (TPSA) is 58.6 Å². The fourth-order valence-electron chi connectivity index (χ4n) is 5.18. The molecule has 0 radical (unpaired) electrons. The molecule has 0 aromatic heterocycles. The van der Waals surface area contributed by atoms with Crippen molar-refractivity contribution < 1.29 is 28.2 Å². The third-order valence-corrected chi connectivity index (χ3v) is 8.03. The van der Waals surface area contributed by atoms with E-state index in [1.807, 2.05) is 91.0 Å². The van der Waals surface area contributed by atoms with Crippen molar-refractivity contribution in [2.24, 2.45) is 0 Å². The summed E-state index contributed by atoms with van der Waals surface area (Å²) >= 11 is 1.57. The molecule has 0 amide bonds. The highest BCUT2D eigenvalue weighted by Gasteiger charge is 2.59. The van der Waals surface area contributed by atoms with Gasteiger partial charge >= 0.3 is 0 Å². The summed E-state index contributed by atoms with van der Waals surface area (Å²) < 4.78 is 42.2. The van der Waals surface area contributed by atoms with E-state index in [4.69, 9.17) is 9.47 Å². The summed E-state index contributed by atoms with van der Waals surface area (Å²) in [5.41, 5.74) is 1.01. The number of rotatable bonds is 8. The quantitative estimate of drug-likeness (QED) is 0.138. The molecular formula is C31H24F2IO4-. The van der Waals surface area contributed by atoms with Gasteiger partial charge in [0.25, 0.3) is 5.92 Å². The zero-order valence-corrected chi connectivity index (χ0v) is 22.3. The van der Waals surface area contributed by atoms with E-state index < -0.39 is 33.6 Å². The maximum atomic E-state index is 15.6. The van der Waals surface area contributed by atoms with Crippen molar-refractivity contribution in [3.05, 3.63) is 143 Å². The summed E-state index contributed by atoms with van der Waals surface area (Å²) in [7, 11) is 0. The summed E-state index contributed by atoms with van der Waals surface area (Å²) in [6.07, 6.45) is -1.12. The van der Waals surface area contributed by atoms with Gasteiger partial charge in [0.1, 0.15) is 5.60 Å². The van der Waals surface area contributed by atoms with Gasteiger partial charge in [-0.1, -0.05) is 115 Å². The van der Waals surface area contributed by atoms with Crippen molar-refractivity contribution in [1.29, 1.82) is 0 Å². The molecule has 4 nitrogen and oxygen atoms in total. The van der Waals surface area contributed by atoms with Crippen LogP contribution in [0.3, 0.4) is 0 Å². The largest absolute Gasteiger partial charge is 0.545 e. The fourth-order valence-corrected chi connectivity index (χ4v) is 5.95. The lowest BCUT2D eigenvalue weighted by Crippen LogP contribution is -2.39. The van der Waals surface area contributed by atoms with Crippen LogP contribution in [0, 0.1) is 0 Å². The first-order valence-corrected chi connectivity index (χ1v) is 13.4. The Morgan fingerprint density at radius 2 is 1.26 bits per heavy atom. The molecule has 0 saturated carbocycles. The van der Waals surface area contributed by atoms with Crippen molar-refractivity contribution in [3.8, 4) is 0 Å². The first-order valence-electron chi connectivity index (χ1n) is 12.1. The molecule has 3 unspecified atom stereocenters. The van der Waals surface area contributed by atoms with Crippen molar-refractivity contribution in [1.82, 2.24) is 0 Å². The van der Waals surface area contributed by atoms with E-state index in [1.165, 1.54) is 18.2 Å². The first-order chi connectivity index (χ1) is 18.4. The number of carbonyl (C=O) groups excluding carboxylic acids is 1. The van der Waals surface area contributed by atoms with E-state index in [-0.39, 0.29) is 17.7 Å². The van der Waals surface area contributed by atoms with Gasteiger partial charge in [0.2, 0.25) is 0 Å². The van der Waals surface area contributed by atoms with E-state index >= 15 is 8.78 Å². The van der Waals surface area contributed by atoms with Gasteiger partial charge in [-0.2, -0.15) is 0 Å². The Labute approximate surface area is 233 Å². The van der Waals surface area contributed by atoms with Gasteiger partial charge in [-0.15, -0.1) is 0 Å². The normalized spacial score (nSPS) is 20.8. The smallest absolute Gasteiger partial charge is 0.292 e. The zero-order chi connectivity index (χ0) is 26.8. The van der Waals surface area contributed by atoms with Crippen LogP contribution in [0.2, 0.25) is 0 Å². The molecule has 1 aliphatic rings. The molecule has 0 bridgehead atoms. The van der Waals surface area contributed by atoms with Gasteiger partial charge in [0.05, 0.1) is 24.6 Å². The molecule has 1 aliphatic heterocycles. The zero-order valence-electron chi connectivity index (χ0n) is 20.2. The average molecular weight is 625 g/mol. The number of carboxylic acid groups (broad SMARTS) is 1. The Kier molecular flexibility index (Phi) is 7.61. The van der Waals surface area contributed by atoms with E-state index in [0.29, 0.717) is 0 Å². The number of hydrogen-bond acceptors (Lipinski definition) is 4. The minimum absolute atomic E-state index is 0.0324.